The highest BCUT2D eigenvalue weighted by molar-refractivity contribution is 5.71. The van der Waals surface area contributed by atoms with Gasteiger partial charge in [-0.05, 0) is 17.7 Å². The number of fused-ring (bicyclic) bond motifs is 2. The highest BCUT2D eigenvalue weighted by atomic mass is 16.5. The lowest BCUT2D eigenvalue weighted by Crippen LogP contribution is -2.05. The van der Waals surface area contributed by atoms with E-state index in [0.29, 0.717) is 11.5 Å². The molecule has 0 aliphatic carbocycles. The van der Waals surface area contributed by atoms with Gasteiger partial charge in [0.15, 0.2) is 17.6 Å². The molecule has 0 saturated carbocycles. The van der Waals surface area contributed by atoms with Crippen molar-refractivity contribution in [2.24, 2.45) is 0 Å². The smallest absolute Gasteiger partial charge is 0.215 e. The van der Waals surface area contributed by atoms with E-state index in [-0.39, 0.29) is 6.10 Å². The van der Waals surface area contributed by atoms with E-state index in [9.17, 15) is 0 Å². The monoisotopic (exact) mass is 267 g/mol. The Balaban J connectivity index is 1.70. The summed E-state index contributed by atoms with van der Waals surface area (Å²) in [6.07, 6.45) is 0.750. The number of hydrogen-bond donors (Lipinski definition) is 1. The maximum Gasteiger partial charge on any atom is 0.215 e. The molecule has 1 atom stereocenters. The number of pyridine rings is 1. The van der Waals surface area contributed by atoms with Crippen molar-refractivity contribution in [3.63, 3.8) is 0 Å². The highest BCUT2D eigenvalue weighted by Crippen LogP contribution is 2.35. The van der Waals surface area contributed by atoms with Crippen LogP contribution in [0.4, 0.5) is 0 Å². The van der Waals surface area contributed by atoms with Crippen LogP contribution >= 0.6 is 0 Å². The second kappa shape index (κ2) is 4.23. The number of para-hydroxylation sites is 1. The summed E-state index contributed by atoms with van der Waals surface area (Å²) >= 11 is 0. The van der Waals surface area contributed by atoms with E-state index in [0.717, 1.165) is 23.5 Å². The minimum absolute atomic E-state index is 0.0763. The Hall–Kier alpha value is -2.56. The van der Waals surface area contributed by atoms with Crippen molar-refractivity contribution in [1.82, 2.24) is 15.0 Å². The molecule has 0 spiro atoms. The van der Waals surface area contributed by atoms with Gasteiger partial charge in [-0.3, -0.25) is 0 Å². The largest absolute Gasteiger partial charge is 0.482 e. The molecular formula is C15H13N3O2. The summed E-state index contributed by atoms with van der Waals surface area (Å²) in [5.74, 6) is 2.30. The standard InChI is InChI=1S/C15H13N3O2/c1-19-13-7-6-10-14(17-13)18-15(16-10)12-8-9-4-2-3-5-11(9)20-12/h2-7,12H,8H2,1H3,(H,16,17,18). The number of rotatable bonds is 2. The number of aromatic amines is 1. The number of hydrogen-bond acceptors (Lipinski definition) is 4. The van der Waals surface area contributed by atoms with Gasteiger partial charge in [0, 0.05) is 12.5 Å². The molecule has 0 radical (unpaired) electrons. The van der Waals surface area contributed by atoms with Gasteiger partial charge in [0.05, 0.1) is 12.6 Å². The maximum atomic E-state index is 5.93. The van der Waals surface area contributed by atoms with Crippen LogP contribution in [0, 0.1) is 0 Å². The predicted molar refractivity (Wildman–Crippen MR) is 74.0 cm³/mol. The van der Waals surface area contributed by atoms with Gasteiger partial charge >= 0.3 is 0 Å². The summed E-state index contributed by atoms with van der Waals surface area (Å²) in [6.45, 7) is 0. The van der Waals surface area contributed by atoms with E-state index in [1.807, 2.05) is 30.3 Å². The van der Waals surface area contributed by atoms with Gasteiger partial charge in [-0.25, -0.2) is 4.98 Å². The minimum Gasteiger partial charge on any atom is -0.482 e. The van der Waals surface area contributed by atoms with Gasteiger partial charge in [0.1, 0.15) is 5.75 Å². The summed E-state index contributed by atoms with van der Waals surface area (Å²) in [5.41, 5.74) is 2.75. The SMILES string of the molecule is COc1ccc2[nH]c(C3Cc4ccccc4O3)nc2n1. The molecule has 100 valence electrons. The molecule has 1 aliphatic rings. The summed E-state index contributed by atoms with van der Waals surface area (Å²) in [4.78, 5) is 12.1. The van der Waals surface area contributed by atoms with E-state index in [1.54, 1.807) is 7.11 Å². The summed E-state index contributed by atoms with van der Waals surface area (Å²) in [6, 6.07) is 11.8. The average molecular weight is 267 g/mol. The van der Waals surface area contributed by atoms with E-state index < -0.39 is 0 Å². The molecule has 0 bridgehead atoms. The van der Waals surface area contributed by atoms with Crippen LogP contribution in [0.1, 0.15) is 17.5 Å². The van der Waals surface area contributed by atoms with E-state index in [4.69, 9.17) is 9.47 Å². The van der Waals surface area contributed by atoms with Crippen molar-refractivity contribution < 1.29 is 9.47 Å². The topological polar surface area (TPSA) is 60.0 Å². The predicted octanol–water partition coefficient (Wildman–Crippen LogP) is 2.64. The number of nitrogens with one attached hydrogen (secondary N) is 1. The fraction of sp³-hybridized carbons (Fsp3) is 0.200. The van der Waals surface area contributed by atoms with Crippen molar-refractivity contribution in [2.75, 3.05) is 7.11 Å². The fourth-order valence-corrected chi connectivity index (χ4v) is 2.49. The molecule has 0 fully saturated rings. The lowest BCUT2D eigenvalue weighted by molar-refractivity contribution is 0.229. The van der Waals surface area contributed by atoms with E-state index in [2.05, 4.69) is 21.0 Å². The lowest BCUT2D eigenvalue weighted by atomic mass is 10.1. The molecule has 0 saturated heterocycles. The summed E-state index contributed by atoms with van der Waals surface area (Å²) in [5, 5.41) is 0. The molecule has 1 aliphatic heterocycles. The van der Waals surface area contributed by atoms with Crippen LogP contribution in [0.5, 0.6) is 11.6 Å². The first-order valence-corrected chi connectivity index (χ1v) is 6.49. The molecule has 3 heterocycles. The lowest BCUT2D eigenvalue weighted by Gasteiger charge is -2.06. The van der Waals surface area contributed by atoms with Crippen LogP contribution in [0.15, 0.2) is 36.4 Å². The second-order valence-corrected chi connectivity index (χ2v) is 4.77. The quantitative estimate of drug-likeness (QED) is 0.775. The van der Waals surface area contributed by atoms with Crippen LogP contribution < -0.4 is 9.47 Å². The van der Waals surface area contributed by atoms with Crippen LogP contribution in [-0.4, -0.2) is 22.1 Å². The average Bonchev–Trinajstić information content (AvgIpc) is 3.09. The zero-order chi connectivity index (χ0) is 13.5. The fourth-order valence-electron chi connectivity index (χ4n) is 2.49. The highest BCUT2D eigenvalue weighted by Gasteiger charge is 2.26. The number of methoxy groups -OCH3 is 1. The van der Waals surface area contributed by atoms with Crippen LogP contribution in [0.25, 0.3) is 11.2 Å². The van der Waals surface area contributed by atoms with E-state index >= 15 is 0 Å². The van der Waals surface area contributed by atoms with Crippen LogP contribution in [-0.2, 0) is 6.42 Å². The summed E-state index contributed by atoms with van der Waals surface area (Å²) in [7, 11) is 1.60. The third-order valence-electron chi connectivity index (χ3n) is 3.50. The number of imidazole rings is 1. The van der Waals surface area contributed by atoms with Gasteiger partial charge in [0.2, 0.25) is 5.88 Å². The molecule has 5 heteroatoms. The molecule has 0 amide bonds. The first-order valence-electron chi connectivity index (χ1n) is 6.49. The number of nitrogens with zero attached hydrogens (tertiary/aromatic N) is 2. The third kappa shape index (κ3) is 1.71. The number of H-pyrrole nitrogens is 1. The minimum atomic E-state index is -0.0763. The molecule has 20 heavy (non-hydrogen) atoms. The molecule has 5 nitrogen and oxygen atoms in total. The van der Waals surface area contributed by atoms with Crippen LogP contribution in [0.2, 0.25) is 0 Å². The molecule has 1 N–H and O–H groups in total. The van der Waals surface area contributed by atoms with Crippen molar-refractivity contribution in [3.05, 3.63) is 47.8 Å². The first-order chi connectivity index (χ1) is 9.83. The Bertz CT molecular complexity index is 757. The Morgan fingerprint density at radius 1 is 1.20 bits per heavy atom. The van der Waals surface area contributed by atoms with Gasteiger partial charge in [-0.1, -0.05) is 18.2 Å². The van der Waals surface area contributed by atoms with Crippen molar-refractivity contribution >= 4 is 11.2 Å². The van der Waals surface area contributed by atoms with E-state index in [1.165, 1.54) is 5.56 Å². The number of ether oxygens (including phenoxy) is 2. The molecule has 1 aromatic carbocycles. The molecule has 4 rings (SSSR count). The van der Waals surface area contributed by atoms with Gasteiger partial charge in [0.25, 0.3) is 0 Å². The van der Waals surface area contributed by atoms with Crippen molar-refractivity contribution in [3.8, 4) is 11.6 Å². The van der Waals surface area contributed by atoms with Gasteiger partial charge in [-0.15, -0.1) is 0 Å². The summed E-state index contributed by atoms with van der Waals surface area (Å²) < 4.78 is 11.0. The van der Waals surface area contributed by atoms with Crippen molar-refractivity contribution in [1.29, 1.82) is 0 Å². The third-order valence-corrected chi connectivity index (χ3v) is 3.50. The Labute approximate surface area is 115 Å². The Morgan fingerprint density at radius 2 is 2.10 bits per heavy atom. The Kier molecular flexibility index (Phi) is 2.39. The van der Waals surface area contributed by atoms with Crippen LogP contribution in [0.3, 0.4) is 0 Å². The number of aromatic nitrogens is 3. The molecular weight excluding hydrogens is 254 g/mol. The maximum absolute atomic E-state index is 5.93. The zero-order valence-corrected chi connectivity index (χ0v) is 11.0. The Morgan fingerprint density at radius 3 is 2.95 bits per heavy atom. The van der Waals surface area contributed by atoms with Gasteiger partial charge < -0.3 is 14.5 Å². The zero-order valence-electron chi connectivity index (χ0n) is 11.0. The molecule has 2 aromatic heterocycles. The van der Waals surface area contributed by atoms with Gasteiger partial charge in [-0.2, -0.15) is 4.98 Å². The first kappa shape index (κ1) is 11.3. The number of benzene rings is 1. The van der Waals surface area contributed by atoms with Crippen molar-refractivity contribution in [2.45, 2.75) is 12.5 Å². The normalized spacial score (nSPS) is 16.9. The molecule has 1 unspecified atom stereocenters. The second-order valence-electron chi connectivity index (χ2n) is 4.77. The molecule has 3 aromatic rings.